The first-order valence-corrected chi connectivity index (χ1v) is 7.65. The van der Waals surface area contributed by atoms with E-state index in [1.807, 2.05) is 6.20 Å². The van der Waals surface area contributed by atoms with E-state index in [-0.39, 0.29) is 24.4 Å². The molecule has 3 rings (SSSR count). The summed E-state index contributed by atoms with van der Waals surface area (Å²) >= 11 is 0. The van der Waals surface area contributed by atoms with E-state index in [0.29, 0.717) is 0 Å². The zero-order valence-corrected chi connectivity index (χ0v) is 13.3. The van der Waals surface area contributed by atoms with Crippen molar-refractivity contribution in [2.75, 3.05) is 19.6 Å². The molecule has 0 radical (unpaired) electrons. The van der Waals surface area contributed by atoms with Crippen molar-refractivity contribution >= 4 is 12.6 Å². The smallest absolute Gasteiger partial charge is 0.399 e. The van der Waals surface area contributed by atoms with E-state index < -0.39 is 0 Å². The fourth-order valence-electron chi connectivity index (χ4n) is 2.60. The van der Waals surface area contributed by atoms with Crippen molar-refractivity contribution in [1.82, 2.24) is 15.6 Å². The molecule has 5 nitrogen and oxygen atoms in total. The highest BCUT2D eigenvalue weighted by atomic mass is 16.7. The van der Waals surface area contributed by atoms with Gasteiger partial charge in [0.25, 0.3) is 0 Å². The minimum Gasteiger partial charge on any atom is -0.399 e. The summed E-state index contributed by atoms with van der Waals surface area (Å²) in [5, 5.41) is 6.84. The third-order valence-corrected chi connectivity index (χ3v) is 4.73. The van der Waals surface area contributed by atoms with Gasteiger partial charge in [-0.25, -0.2) is 0 Å². The first-order valence-electron chi connectivity index (χ1n) is 7.65. The van der Waals surface area contributed by atoms with Crippen LogP contribution in [0.1, 0.15) is 39.4 Å². The van der Waals surface area contributed by atoms with E-state index in [0.717, 1.165) is 30.8 Å². The van der Waals surface area contributed by atoms with Crippen molar-refractivity contribution in [3.63, 3.8) is 0 Å². The van der Waals surface area contributed by atoms with Gasteiger partial charge in [0.15, 0.2) is 0 Å². The van der Waals surface area contributed by atoms with Gasteiger partial charge in [-0.15, -0.1) is 0 Å². The quantitative estimate of drug-likeness (QED) is 0.782. The van der Waals surface area contributed by atoms with Gasteiger partial charge in [-0.1, -0.05) is 6.07 Å². The molecule has 2 aliphatic rings. The van der Waals surface area contributed by atoms with Crippen LogP contribution in [0.3, 0.4) is 0 Å². The van der Waals surface area contributed by atoms with E-state index >= 15 is 0 Å². The Balaban J connectivity index is 1.73. The molecule has 3 heterocycles. The molecule has 0 saturated carbocycles. The first-order chi connectivity index (χ1) is 9.89. The molecule has 1 unspecified atom stereocenters. The predicted molar refractivity (Wildman–Crippen MR) is 83.6 cm³/mol. The maximum atomic E-state index is 6.05. The number of rotatable bonds is 2. The summed E-state index contributed by atoms with van der Waals surface area (Å²) in [7, 11) is -0.339. The lowest BCUT2D eigenvalue weighted by molar-refractivity contribution is 0.00578. The van der Waals surface area contributed by atoms with Gasteiger partial charge < -0.3 is 19.9 Å². The summed E-state index contributed by atoms with van der Waals surface area (Å²) in [5.74, 6) is 0. The molecule has 1 atom stereocenters. The normalized spacial score (nSPS) is 27.8. The molecule has 0 aliphatic carbocycles. The van der Waals surface area contributed by atoms with Crippen molar-refractivity contribution < 1.29 is 9.31 Å². The molecule has 0 aromatic carbocycles. The highest BCUT2D eigenvalue weighted by molar-refractivity contribution is 6.62. The molecule has 0 bridgehead atoms. The van der Waals surface area contributed by atoms with Crippen LogP contribution in [-0.4, -0.2) is 42.9 Å². The van der Waals surface area contributed by atoms with Crippen molar-refractivity contribution in [3.05, 3.63) is 24.0 Å². The van der Waals surface area contributed by atoms with E-state index in [2.05, 4.69) is 55.4 Å². The third-order valence-electron chi connectivity index (χ3n) is 4.73. The van der Waals surface area contributed by atoms with Gasteiger partial charge in [-0.3, -0.25) is 4.98 Å². The lowest BCUT2D eigenvalue weighted by atomic mass is 9.80. The molecule has 21 heavy (non-hydrogen) atoms. The molecule has 2 saturated heterocycles. The van der Waals surface area contributed by atoms with Crippen molar-refractivity contribution in [2.24, 2.45) is 0 Å². The number of pyridine rings is 1. The van der Waals surface area contributed by atoms with E-state index in [1.54, 1.807) is 0 Å². The molecule has 2 fully saturated rings. The Kier molecular flexibility index (Phi) is 3.82. The lowest BCUT2D eigenvalue weighted by Crippen LogP contribution is -2.43. The summed E-state index contributed by atoms with van der Waals surface area (Å²) in [6.07, 6.45) is 1.87. The number of piperazine rings is 1. The first kappa shape index (κ1) is 15.0. The Morgan fingerprint density at radius 3 is 2.38 bits per heavy atom. The Morgan fingerprint density at radius 2 is 1.86 bits per heavy atom. The van der Waals surface area contributed by atoms with Gasteiger partial charge in [0.1, 0.15) is 0 Å². The summed E-state index contributed by atoms with van der Waals surface area (Å²) in [6.45, 7) is 11.2. The van der Waals surface area contributed by atoms with Gasteiger partial charge in [0.2, 0.25) is 0 Å². The van der Waals surface area contributed by atoms with Crippen molar-refractivity contribution in [1.29, 1.82) is 0 Å². The number of aromatic nitrogens is 1. The molecule has 2 N–H and O–H groups in total. The summed E-state index contributed by atoms with van der Waals surface area (Å²) in [4.78, 5) is 4.58. The number of nitrogens with one attached hydrogen (secondary N) is 2. The molecule has 1 aromatic rings. The summed E-state index contributed by atoms with van der Waals surface area (Å²) in [6, 6.07) is 4.40. The fourth-order valence-corrected chi connectivity index (χ4v) is 2.60. The fraction of sp³-hybridized carbons (Fsp3) is 0.667. The molecule has 0 amide bonds. The topological polar surface area (TPSA) is 55.4 Å². The Hall–Kier alpha value is -0.945. The molecule has 6 heteroatoms. The molecule has 1 aromatic heterocycles. The second kappa shape index (κ2) is 5.36. The number of hydrogen-bond donors (Lipinski definition) is 2. The highest BCUT2D eigenvalue weighted by Crippen LogP contribution is 2.36. The second-order valence-electron chi connectivity index (χ2n) is 6.82. The van der Waals surface area contributed by atoms with Crippen LogP contribution in [0.4, 0.5) is 0 Å². The SMILES string of the molecule is CC1(C)OB(c2ccc(C3CNCCN3)nc2)OC1(C)C. The summed E-state index contributed by atoms with van der Waals surface area (Å²) < 4.78 is 12.1. The predicted octanol–water partition coefficient (Wildman–Crippen LogP) is 0.615. The average molecular weight is 289 g/mol. The van der Waals surface area contributed by atoms with Gasteiger partial charge >= 0.3 is 7.12 Å². The molecule has 114 valence electrons. The van der Waals surface area contributed by atoms with Gasteiger partial charge in [-0.05, 0) is 33.8 Å². The van der Waals surface area contributed by atoms with Gasteiger partial charge in [-0.2, -0.15) is 0 Å². The van der Waals surface area contributed by atoms with Crippen LogP contribution in [0.15, 0.2) is 18.3 Å². The second-order valence-corrected chi connectivity index (χ2v) is 6.82. The maximum absolute atomic E-state index is 6.05. The van der Waals surface area contributed by atoms with Crippen LogP contribution in [0.2, 0.25) is 0 Å². The van der Waals surface area contributed by atoms with E-state index in [4.69, 9.17) is 9.31 Å². The maximum Gasteiger partial charge on any atom is 0.496 e. The van der Waals surface area contributed by atoms with Crippen LogP contribution in [0.5, 0.6) is 0 Å². The van der Waals surface area contributed by atoms with Crippen LogP contribution in [0.25, 0.3) is 0 Å². The van der Waals surface area contributed by atoms with Gasteiger partial charge in [0.05, 0.1) is 22.9 Å². The Morgan fingerprint density at radius 1 is 1.14 bits per heavy atom. The van der Waals surface area contributed by atoms with Crippen LogP contribution in [-0.2, 0) is 9.31 Å². The Labute approximate surface area is 127 Å². The monoisotopic (exact) mass is 289 g/mol. The third kappa shape index (κ3) is 2.86. The lowest BCUT2D eigenvalue weighted by Gasteiger charge is -2.32. The van der Waals surface area contributed by atoms with Crippen molar-refractivity contribution in [3.8, 4) is 0 Å². The number of hydrogen-bond acceptors (Lipinski definition) is 5. The standard InChI is InChI=1S/C15H24BN3O2/c1-14(2)15(3,4)21-16(20-14)11-5-6-12(19-9-11)13-10-17-7-8-18-13/h5-6,9,13,17-18H,7-8,10H2,1-4H3. The minimum atomic E-state index is -0.339. The minimum absolute atomic E-state index is 0.283. The zero-order valence-electron chi connectivity index (χ0n) is 13.3. The van der Waals surface area contributed by atoms with Crippen LogP contribution in [0, 0.1) is 0 Å². The largest absolute Gasteiger partial charge is 0.496 e. The van der Waals surface area contributed by atoms with Crippen LogP contribution >= 0.6 is 0 Å². The van der Waals surface area contributed by atoms with Gasteiger partial charge in [0, 0.05) is 31.3 Å². The zero-order chi connectivity index (χ0) is 15.1. The number of nitrogens with zero attached hydrogens (tertiary/aromatic N) is 1. The molecule has 0 spiro atoms. The van der Waals surface area contributed by atoms with E-state index in [1.165, 1.54) is 0 Å². The van der Waals surface area contributed by atoms with Crippen LogP contribution < -0.4 is 16.1 Å². The van der Waals surface area contributed by atoms with Crippen molar-refractivity contribution in [2.45, 2.75) is 44.9 Å². The molecule has 2 aliphatic heterocycles. The van der Waals surface area contributed by atoms with E-state index in [9.17, 15) is 0 Å². The highest BCUT2D eigenvalue weighted by Gasteiger charge is 2.51. The summed E-state index contributed by atoms with van der Waals surface area (Å²) in [5.41, 5.74) is 1.40. The molecular weight excluding hydrogens is 265 g/mol. The average Bonchev–Trinajstić information content (AvgIpc) is 2.69. The molecular formula is C15H24BN3O2. The Bertz CT molecular complexity index is 482.